The van der Waals surface area contributed by atoms with Crippen LogP contribution in [0.3, 0.4) is 0 Å². The van der Waals surface area contributed by atoms with Crippen LogP contribution in [-0.2, 0) is 0 Å². The van der Waals surface area contributed by atoms with Gasteiger partial charge in [-0.05, 0) is 24.7 Å². The van der Waals surface area contributed by atoms with Crippen molar-refractivity contribution in [3.8, 4) is 0 Å². The van der Waals surface area contributed by atoms with E-state index in [2.05, 4.69) is 0 Å². The molecular formula is C8H14F3N. The van der Waals surface area contributed by atoms with E-state index in [1.165, 1.54) is 0 Å². The number of alkyl halides is 3. The van der Waals surface area contributed by atoms with Crippen LogP contribution >= 0.6 is 0 Å². The van der Waals surface area contributed by atoms with Crippen molar-refractivity contribution in [2.24, 2.45) is 17.6 Å². The van der Waals surface area contributed by atoms with Crippen LogP contribution < -0.4 is 5.73 Å². The van der Waals surface area contributed by atoms with Crippen LogP contribution in [0.25, 0.3) is 0 Å². The molecule has 0 heterocycles. The van der Waals surface area contributed by atoms with Gasteiger partial charge in [0, 0.05) is 0 Å². The van der Waals surface area contributed by atoms with Crippen molar-refractivity contribution in [1.29, 1.82) is 0 Å². The smallest absolute Gasteiger partial charge is 0.318 e. The highest BCUT2D eigenvalue weighted by molar-refractivity contribution is 5.04. The zero-order valence-electron chi connectivity index (χ0n) is 7.28. The molecule has 0 aliphatic heterocycles. The van der Waals surface area contributed by atoms with Crippen molar-refractivity contribution in [2.45, 2.75) is 38.4 Å². The second kappa shape index (κ2) is 2.62. The summed E-state index contributed by atoms with van der Waals surface area (Å²) in [5.74, 6) is 0.459. The average Bonchev–Trinajstić information content (AvgIpc) is 1.77. The van der Waals surface area contributed by atoms with Gasteiger partial charge >= 0.3 is 6.18 Å². The Kier molecular flexibility index (Phi) is 2.15. The molecule has 2 N–H and O–H groups in total. The molecule has 1 saturated carbocycles. The van der Waals surface area contributed by atoms with Gasteiger partial charge in [-0.1, -0.05) is 13.8 Å². The molecule has 12 heavy (non-hydrogen) atoms. The maximum atomic E-state index is 12.2. The third kappa shape index (κ3) is 1.44. The average molecular weight is 181 g/mol. The zero-order chi connectivity index (χ0) is 9.57. The molecule has 0 bridgehead atoms. The summed E-state index contributed by atoms with van der Waals surface area (Å²) in [7, 11) is 0. The van der Waals surface area contributed by atoms with E-state index in [4.69, 9.17) is 5.73 Å². The first-order valence-electron chi connectivity index (χ1n) is 4.12. The van der Waals surface area contributed by atoms with Crippen LogP contribution in [0.2, 0.25) is 0 Å². The molecule has 72 valence electrons. The highest BCUT2D eigenvalue weighted by Crippen LogP contribution is 2.49. The Hall–Kier alpha value is -0.250. The van der Waals surface area contributed by atoms with Gasteiger partial charge in [-0.25, -0.2) is 0 Å². The Balaban J connectivity index is 2.51. The fraction of sp³-hybridized carbons (Fsp3) is 1.00. The standard InChI is InChI=1S/C8H14F3N/c1-5(2)6-3-7(12,4-6)8(9,10)11/h5-6H,3-4,12H2,1-2H3. The predicted molar refractivity (Wildman–Crippen MR) is 40.5 cm³/mol. The van der Waals surface area contributed by atoms with Gasteiger partial charge in [0.1, 0.15) is 5.54 Å². The van der Waals surface area contributed by atoms with Crippen molar-refractivity contribution in [3.05, 3.63) is 0 Å². The second-order valence-corrected chi connectivity index (χ2v) is 4.07. The fourth-order valence-corrected chi connectivity index (χ4v) is 1.58. The molecule has 4 heteroatoms. The molecule has 0 saturated heterocycles. The van der Waals surface area contributed by atoms with Crippen molar-refractivity contribution in [1.82, 2.24) is 0 Å². The summed E-state index contributed by atoms with van der Waals surface area (Å²) in [5.41, 5.74) is 3.30. The summed E-state index contributed by atoms with van der Waals surface area (Å²) in [6.45, 7) is 3.86. The predicted octanol–water partition coefficient (Wildman–Crippen LogP) is 2.31. The van der Waals surface area contributed by atoms with E-state index in [0.717, 1.165) is 0 Å². The van der Waals surface area contributed by atoms with Crippen molar-refractivity contribution in [3.63, 3.8) is 0 Å². The van der Waals surface area contributed by atoms with E-state index in [9.17, 15) is 13.2 Å². The summed E-state index contributed by atoms with van der Waals surface area (Å²) in [4.78, 5) is 0. The van der Waals surface area contributed by atoms with E-state index >= 15 is 0 Å². The molecular weight excluding hydrogens is 167 g/mol. The Bertz CT molecular complexity index is 168. The monoisotopic (exact) mass is 181 g/mol. The fourth-order valence-electron chi connectivity index (χ4n) is 1.58. The number of halogens is 3. The second-order valence-electron chi connectivity index (χ2n) is 4.07. The van der Waals surface area contributed by atoms with Crippen molar-refractivity contribution >= 4 is 0 Å². The lowest BCUT2D eigenvalue weighted by atomic mass is 9.64. The van der Waals surface area contributed by atoms with Crippen LogP contribution in [0.5, 0.6) is 0 Å². The molecule has 0 spiro atoms. The first-order valence-corrected chi connectivity index (χ1v) is 4.12. The molecule has 1 rings (SSSR count). The molecule has 0 aromatic heterocycles. The van der Waals surface area contributed by atoms with Crippen LogP contribution in [0, 0.1) is 11.8 Å². The highest BCUT2D eigenvalue weighted by atomic mass is 19.4. The zero-order valence-corrected chi connectivity index (χ0v) is 7.28. The third-order valence-electron chi connectivity index (χ3n) is 2.76. The van der Waals surface area contributed by atoms with E-state index < -0.39 is 11.7 Å². The van der Waals surface area contributed by atoms with Crippen LogP contribution in [0.15, 0.2) is 0 Å². The minimum atomic E-state index is -4.22. The Morgan fingerprint density at radius 2 is 1.75 bits per heavy atom. The first-order chi connectivity index (χ1) is 5.26. The molecule has 1 nitrogen and oxygen atoms in total. The quantitative estimate of drug-likeness (QED) is 0.660. The van der Waals surface area contributed by atoms with Gasteiger partial charge in [0.25, 0.3) is 0 Å². The molecule has 1 aliphatic carbocycles. The van der Waals surface area contributed by atoms with E-state index in [0.29, 0.717) is 5.92 Å². The van der Waals surface area contributed by atoms with Crippen molar-refractivity contribution in [2.75, 3.05) is 0 Å². The molecule has 0 unspecified atom stereocenters. The summed E-state index contributed by atoms with van der Waals surface area (Å²) < 4.78 is 36.6. The van der Waals surface area contributed by atoms with E-state index in [-0.39, 0.29) is 18.8 Å². The topological polar surface area (TPSA) is 26.0 Å². The largest absolute Gasteiger partial charge is 0.406 e. The maximum Gasteiger partial charge on any atom is 0.406 e. The summed E-state index contributed by atoms with van der Waals surface area (Å²) >= 11 is 0. The van der Waals surface area contributed by atoms with Crippen LogP contribution in [0.4, 0.5) is 13.2 Å². The van der Waals surface area contributed by atoms with Crippen LogP contribution in [-0.4, -0.2) is 11.7 Å². The Morgan fingerprint density at radius 3 is 2.00 bits per heavy atom. The maximum absolute atomic E-state index is 12.2. The minimum Gasteiger partial charge on any atom is -0.318 e. The highest BCUT2D eigenvalue weighted by Gasteiger charge is 2.59. The summed E-state index contributed by atoms with van der Waals surface area (Å²) in [6, 6.07) is 0. The minimum absolute atomic E-state index is 0.0914. The summed E-state index contributed by atoms with van der Waals surface area (Å²) in [6.07, 6.45) is -4.04. The van der Waals surface area contributed by atoms with Gasteiger partial charge in [-0.3, -0.25) is 0 Å². The van der Waals surface area contributed by atoms with Gasteiger partial charge in [0.2, 0.25) is 0 Å². The molecule has 0 atom stereocenters. The normalized spacial score (nSPS) is 36.8. The van der Waals surface area contributed by atoms with Gasteiger partial charge < -0.3 is 5.73 Å². The molecule has 0 aromatic carbocycles. The SMILES string of the molecule is CC(C)C1CC(N)(C(F)(F)F)C1. The van der Waals surface area contributed by atoms with E-state index in [1.807, 2.05) is 13.8 Å². The third-order valence-corrected chi connectivity index (χ3v) is 2.76. The number of nitrogens with two attached hydrogens (primary N) is 1. The van der Waals surface area contributed by atoms with Gasteiger partial charge in [0.15, 0.2) is 0 Å². The molecule has 1 aliphatic rings. The molecule has 0 aromatic rings. The van der Waals surface area contributed by atoms with E-state index in [1.54, 1.807) is 0 Å². The number of hydrogen-bond acceptors (Lipinski definition) is 1. The first kappa shape index (κ1) is 9.84. The molecule has 1 fully saturated rings. The molecule has 0 amide bonds. The van der Waals surface area contributed by atoms with Gasteiger partial charge in [-0.2, -0.15) is 13.2 Å². The van der Waals surface area contributed by atoms with Crippen LogP contribution in [0.1, 0.15) is 26.7 Å². The number of hydrogen-bond donors (Lipinski definition) is 1. The lowest BCUT2D eigenvalue weighted by Crippen LogP contribution is -2.62. The van der Waals surface area contributed by atoms with Crippen molar-refractivity contribution < 1.29 is 13.2 Å². The lowest BCUT2D eigenvalue weighted by molar-refractivity contribution is -0.221. The number of rotatable bonds is 1. The summed E-state index contributed by atoms with van der Waals surface area (Å²) in [5, 5.41) is 0. The lowest BCUT2D eigenvalue weighted by Gasteiger charge is -2.47. The Morgan fingerprint density at radius 1 is 1.33 bits per heavy atom. The Labute approximate surface area is 70.1 Å². The molecule has 0 radical (unpaired) electrons. The van der Waals surface area contributed by atoms with Gasteiger partial charge in [0.05, 0.1) is 0 Å². The van der Waals surface area contributed by atoms with Gasteiger partial charge in [-0.15, -0.1) is 0 Å².